The van der Waals surface area contributed by atoms with Crippen LogP contribution < -0.4 is 5.32 Å². The van der Waals surface area contributed by atoms with Gasteiger partial charge in [0, 0.05) is 17.1 Å². The van der Waals surface area contributed by atoms with Gasteiger partial charge in [0.25, 0.3) is 0 Å². The summed E-state index contributed by atoms with van der Waals surface area (Å²) in [6.45, 7) is 6.31. The molecule has 0 fully saturated rings. The maximum atomic E-state index is 6.26. The van der Waals surface area contributed by atoms with Crippen LogP contribution in [0.4, 0.5) is 0 Å². The van der Waals surface area contributed by atoms with Gasteiger partial charge in [0.05, 0.1) is 0 Å². The van der Waals surface area contributed by atoms with Crippen LogP contribution in [0.25, 0.3) is 11.1 Å². The first-order chi connectivity index (χ1) is 9.22. The molecule has 0 spiro atoms. The molecule has 0 aliphatic carbocycles. The number of halogens is 1. The predicted molar refractivity (Wildman–Crippen MR) is 83.6 cm³/mol. The van der Waals surface area contributed by atoms with Crippen molar-refractivity contribution in [3.05, 3.63) is 58.6 Å². The van der Waals surface area contributed by atoms with Crippen LogP contribution in [-0.2, 0) is 6.54 Å². The lowest BCUT2D eigenvalue weighted by atomic mass is 9.98. The van der Waals surface area contributed by atoms with Crippen molar-refractivity contribution >= 4 is 11.6 Å². The fraction of sp³-hybridized carbons (Fsp3) is 0.294. The third kappa shape index (κ3) is 3.59. The van der Waals surface area contributed by atoms with Gasteiger partial charge in [-0.15, -0.1) is 0 Å². The van der Waals surface area contributed by atoms with Crippen molar-refractivity contribution in [2.75, 3.05) is 6.54 Å². The van der Waals surface area contributed by atoms with E-state index in [1.807, 2.05) is 18.2 Å². The van der Waals surface area contributed by atoms with Crippen LogP contribution in [0.2, 0.25) is 5.02 Å². The third-order valence-corrected chi connectivity index (χ3v) is 3.54. The van der Waals surface area contributed by atoms with Crippen molar-refractivity contribution < 1.29 is 0 Å². The molecule has 1 N–H and O–H groups in total. The number of benzene rings is 2. The van der Waals surface area contributed by atoms with E-state index in [0.717, 1.165) is 30.1 Å². The minimum atomic E-state index is 0.808. The van der Waals surface area contributed by atoms with Gasteiger partial charge in [0.15, 0.2) is 0 Å². The summed E-state index contributed by atoms with van der Waals surface area (Å²) in [6, 6.07) is 14.6. The van der Waals surface area contributed by atoms with Gasteiger partial charge >= 0.3 is 0 Å². The summed E-state index contributed by atoms with van der Waals surface area (Å²) >= 11 is 6.26. The van der Waals surface area contributed by atoms with Crippen molar-refractivity contribution in [2.45, 2.75) is 26.8 Å². The van der Waals surface area contributed by atoms with Crippen LogP contribution >= 0.6 is 11.6 Å². The fourth-order valence-corrected chi connectivity index (χ4v) is 2.46. The molecule has 0 saturated carbocycles. The van der Waals surface area contributed by atoms with Crippen molar-refractivity contribution in [3.8, 4) is 11.1 Å². The molecule has 19 heavy (non-hydrogen) atoms. The molecule has 2 rings (SSSR count). The predicted octanol–water partition coefficient (Wildman–Crippen LogP) is 4.82. The Morgan fingerprint density at radius 3 is 2.53 bits per heavy atom. The zero-order valence-electron chi connectivity index (χ0n) is 11.5. The summed E-state index contributed by atoms with van der Waals surface area (Å²) in [4.78, 5) is 0. The van der Waals surface area contributed by atoms with Crippen LogP contribution in [0, 0.1) is 6.92 Å². The highest BCUT2D eigenvalue weighted by Crippen LogP contribution is 2.30. The summed E-state index contributed by atoms with van der Waals surface area (Å²) < 4.78 is 0. The molecule has 0 atom stereocenters. The van der Waals surface area contributed by atoms with Gasteiger partial charge in [-0.2, -0.15) is 0 Å². The molecular formula is C17H20ClN. The summed E-state index contributed by atoms with van der Waals surface area (Å²) in [5.41, 5.74) is 4.91. The molecular weight excluding hydrogens is 254 g/mol. The second kappa shape index (κ2) is 6.74. The number of aryl methyl sites for hydroxylation is 1. The Bertz CT molecular complexity index is 549. The Morgan fingerprint density at radius 2 is 1.84 bits per heavy atom. The highest BCUT2D eigenvalue weighted by molar-refractivity contribution is 6.33. The van der Waals surface area contributed by atoms with Crippen LogP contribution in [0.15, 0.2) is 42.5 Å². The molecule has 0 saturated heterocycles. The average molecular weight is 274 g/mol. The molecule has 2 heteroatoms. The Morgan fingerprint density at radius 1 is 1.05 bits per heavy atom. The lowest BCUT2D eigenvalue weighted by molar-refractivity contribution is 0.675. The van der Waals surface area contributed by atoms with Crippen LogP contribution in [0.3, 0.4) is 0 Å². The molecule has 2 aromatic carbocycles. The van der Waals surface area contributed by atoms with Gasteiger partial charge in [0.1, 0.15) is 0 Å². The molecule has 0 bridgehead atoms. The monoisotopic (exact) mass is 273 g/mol. The minimum absolute atomic E-state index is 0.808. The Balaban J connectivity index is 2.22. The van der Waals surface area contributed by atoms with Crippen molar-refractivity contribution in [1.29, 1.82) is 0 Å². The molecule has 0 unspecified atom stereocenters. The molecule has 100 valence electrons. The van der Waals surface area contributed by atoms with Crippen LogP contribution in [0.1, 0.15) is 24.5 Å². The number of hydrogen-bond acceptors (Lipinski definition) is 1. The molecule has 1 nitrogen and oxygen atoms in total. The van der Waals surface area contributed by atoms with E-state index in [9.17, 15) is 0 Å². The molecule has 0 aromatic heterocycles. The first-order valence-corrected chi connectivity index (χ1v) is 7.15. The van der Waals surface area contributed by atoms with E-state index < -0.39 is 0 Å². The standard InChI is InChI=1S/C17H20ClN/c1-3-10-19-12-14-8-9-15(13(2)11-14)16-6-4-5-7-17(16)18/h4-9,11,19H,3,10,12H2,1-2H3. The van der Waals surface area contributed by atoms with Crippen molar-refractivity contribution in [1.82, 2.24) is 5.32 Å². The second-order valence-electron chi connectivity index (χ2n) is 4.81. The van der Waals surface area contributed by atoms with Gasteiger partial charge < -0.3 is 5.32 Å². The fourth-order valence-electron chi connectivity index (χ4n) is 2.23. The van der Waals surface area contributed by atoms with Crippen LogP contribution in [-0.4, -0.2) is 6.54 Å². The molecule has 0 amide bonds. The first kappa shape index (κ1) is 14.1. The molecule has 0 heterocycles. The van der Waals surface area contributed by atoms with E-state index in [1.165, 1.54) is 16.7 Å². The number of hydrogen-bond donors (Lipinski definition) is 1. The van der Waals surface area contributed by atoms with Crippen molar-refractivity contribution in [2.24, 2.45) is 0 Å². The van der Waals surface area contributed by atoms with Gasteiger partial charge in [-0.05, 0) is 42.6 Å². The zero-order chi connectivity index (χ0) is 13.7. The Labute approximate surface area is 120 Å². The van der Waals surface area contributed by atoms with Gasteiger partial charge in [-0.1, -0.05) is 54.9 Å². The normalized spacial score (nSPS) is 10.7. The molecule has 2 aromatic rings. The Kier molecular flexibility index (Phi) is 5.00. The van der Waals surface area contributed by atoms with E-state index in [4.69, 9.17) is 11.6 Å². The average Bonchev–Trinajstić information content (AvgIpc) is 2.40. The topological polar surface area (TPSA) is 12.0 Å². The Hall–Kier alpha value is -1.31. The van der Waals surface area contributed by atoms with Crippen molar-refractivity contribution in [3.63, 3.8) is 0 Å². The number of rotatable bonds is 5. The highest BCUT2D eigenvalue weighted by Gasteiger charge is 2.06. The highest BCUT2D eigenvalue weighted by atomic mass is 35.5. The van der Waals surface area contributed by atoms with E-state index in [2.05, 4.69) is 43.4 Å². The lowest BCUT2D eigenvalue weighted by Gasteiger charge is -2.11. The summed E-state index contributed by atoms with van der Waals surface area (Å²) in [5, 5.41) is 4.23. The van der Waals surface area contributed by atoms with E-state index in [-0.39, 0.29) is 0 Å². The van der Waals surface area contributed by atoms with E-state index >= 15 is 0 Å². The first-order valence-electron chi connectivity index (χ1n) is 6.77. The summed E-state index contributed by atoms with van der Waals surface area (Å²) in [6.07, 6.45) is 1.16. The molecule has 0 radical (unpaired) electrons. The largest absolute Gasteiger partial charge is 0.313 e. The second-order valence-corrected chi connectivity index (χ2v) is 5.21. The number of nitrogens with one attached hydrogen (secondary N) is 1. The van der Waals surface area contributed by atoms with Gasteiger partial charge in [-0.3, -0.25) is 0 Å². The maximum absolute atomic E-state index is 6.26. The molecule has 0 aliphatic heterocycles. The lowest BCUT2D eigenvalue weighted by Crippen LogP contribution is -2.13. The van der Waals surface area contributed by atoms with E-state index in [0.29, 0.717) is 0 Å². The van der Waals surface area contributed by atoms with Gasteiger partial charge in [-0.25, -0.2) is 0 Å². The third-order valence-electron chi connectivity index (χ3n) is 3.21. The smallest absolute Gasteiger partial charge is 0.0484 e. The summed E-state index contributed by atoms with van der Waals surface area (Å²) in [7, 11) is 0. The van der Waals surface area contributed by atoms with E-state index in [1.54, 1.807) is 0 Å². The maximum Gasteiger partial charge on any atom is 0.0484 e. The zero-order valence-corrected chi connectivity index (χ0v) is 12.3. The van der Waals surface area contributed by atoms with Gasteiger partial charge in [0.2, 0.25) is 0 Å². The van der Waals surface area contributed by atoms with Crippen LogP contribution in [0.5, 0.6) is 0 Å². The SMILES string of the molecule is CCCNCc1ccc(-c2ccccc2Cl)c(C)c1. The summed E-state index contributed by atoms with van der Waals surface area (Å²) in [5.74, 6) is 0. The minimum Gasteiger partial charge on any atom is -0.313 e. The molecule has 0 aliphatic rings. The quantitative estimate of drug-likeness (QED) is 0.771.